The van der Waals surface area contributed by atoms with Gasteiger partial charge in [-0.3, -0.25) is 4.79 Å². The monoisotopic (exact) mass is 180 g/mol. The van der Waals surface area contributed by atoms with Crippen molar-refractivity contribution in [2.75, 3.05) is 0 Å². The highest BCUT2D eigenvalue weighted by atomic mass is 16.1. The molecule has 1 nitrogen and oxygen atoms in total. The molecule has 0 aliphatic carbocycles. The average molecular weight is 180 g/mol. The van der Waals surface area contributed by atoms with Crippen molar-refractivity contribution in [3.05, 3.63) is 23.8 Å². The summed E-state index contributed by atoms with van der Waals surface area (Å²) >= 11 is 0. The van der Waals surface area contributed by atoms with Crippen molar-refractivity contribution in [1.82, 2.24) is 0 Å². The number of ketones is 1. The lowest BCUT2D eigenvalue weighted by atomic mass is 10.0. The van der Waals surface area contributed by atoms with Gasteiger partial charge in [0.1, 0.15) is 5.78 Å². The van der Waals surface area contributed by atoms with Gasteiger partial charge in [-0.25, -0.2) is 0 Å². The van der Waals surface area contributed by atoms with Crippen molar-refractivity contribution >= 4 is 5.78 Å². The quantitative estimate of drug-likeness (QED) is 0.592. The highest BCUT2D eigenvalue weighted by molar-refractivity contribution is 5.82. The van der Waals surface area contributed by atoms with Gasteiger partial charge in [0.05, 0.1) is 0 Å². The summed E-state index contributed by atoms with van der Waals surface area (Å²) < 4.78 is 0. The third-order valence-corrected chi connectivity index (χ3v) is 1.99. The number of rotatable bonds is 5. The lowest BCUT2D eigenvalue weighted by Gasteiger charge is -2.03. The molecule has 74 valence electrons. The van der Waals surface area contributed by atoms with Crippen molar-refractivity contribution in [1.29, 1.82) is 0 Å². The van der Waals surface area contributed by atoms with Crippen LogP contribution in [0.1, 0.15) is 40.5 Å². The summed E-state index contributed by atoms with van der Waals surface area (Å²) in [4.78, 5) is 11.3. The molecule has 0 amide bonds. The Morgan fingerprint density at radius 2 is 2.00 bits per heavy atom. The molecule has 0 aromatic rings. The largest absolute Gasteiger partial charge is 0.299 e. The van der Waals surface area contributed by atoms with Crippen LogP contribution in [0.25, 0.3) is 0 Å². The summed E-state index contributed by atoms with van der Waals surface area (Å²) in [5.74, 6) is 0.371. The van der Waals surface area contributed by atoms with Crippen molar-refractivity contribution in [3.63, 3.8) is 0 Å². The van der Waals surface area contributed by atoms with Crippen molar-refractivity contribution < 1.29 is 4.79 Å². The summed E-state index contributed by atoms with van der Waals surface area (Å²) in [5.41, 5.74) is 1.18. The first kappa shape index (κ1) is 12.2. The molecule has 0 saturated heterocycles. The lowest BCUT2D eigenvalue weighted by Crippen LogP contribution is -2.06. The molecule has 1 unspecified atom stereocenters. The summed E-state index contributed by atoms with van der Waals surface area (Å²) in [5, 5.41) is 0. The van der Waals surface area contributed by atoms with E-state index in [9.17, 15) is 4.79 Å². The van der Waals surface area contributed by atoms with Gasteiger partial charge in [-0.1, -0.05) is 44.6 Å². The standard InChI is InChI=1S/C12H20O/c1-5-7-8-10(3)9-11(4)12(13)6-2/h7-9,11H,5-6H2,1-4H3/b8-7+,10-9+. The Labute approximate surface area is 81.5 Å². The fourth-order valence-corrected chi connectivity index (χ4v) is 1.17. The zero-order chi connectivity index (χ0) is 10.3. The number of allylic oxidation sites excluding steroid dienone is 4. The molecule has 0 bridgehead atoms. The minimum absolute atomic E-state index is 0.0616. The molecule has 0 radical (unpaired) electrons. The van der Waals surface area contributed by atoms with Crippen LogP contribution in [0, 0.1) is 5.92 Å². The first-order valence-corrected chi connectivity index (χ1v) is 4.99. The molecule has 0 spiro atoms. The van der Waals surface area contributed by atoms with E-state index in [1.54, 1.807) is 0 Å². The first-order valence-electron chi connectivity index (χ1n) is 4.99. The Morgan fingerprint density at radius 3 is 2.46 bits per heavy atom. The minimum Gasteiger partial charge on any atom is -0.299 e. The van der Waals surface area contributed by atoms with Gasteiger partial charge in [-0.15, -0.1) is 0 Å². The fraction of sp³-hybridized carbons (Fsp3) is 0.583. The Kier molecular flexibility index (Phi) is 6.21. The highest BCUT2D eigenvalue weighted by Crippen LogP contribution is 2.07. The number of hydrogen-bond acceptors (Lipinski definition) is 1. The van der Waals surface area contributed by atoms with Crippen LogP contribution in [0.5, 0.6) is 0 Å². The van der Waals surface area contributed by atoms with E-state index in [2.05, 4.69) is 19.1 Å². The molecular weight excluding hydrogens is 160 g/mol. The molecule has 1 heteroatoms. The maximum Gasteiger partial charge on any atom is 0.139 e. The van der Waals surface area contributed by atoms with Gasteiger partial charge < -0.3 is 0 Å². The van der Waals surface area contributed by atoms with Crippen LogP contribution in [-0.2, 0) is 4.79 Å². The van der Waals surface area contributed by atoms with Gasteiger partial charge in [-0.2, -0.15) is 0 Å². The third-order valence-electron chi connectivity index (χ3n) is 1.99. The Hall–Kier alpha value is -0.850. The van der Waals surface area contributed by atoms with E-state index in [1.165, 1.54) is 5.57 Å². The van der Waals surface area contributed by atoms with E-state index in [4.69, 9.17) is 0 Å². The van der Waals surface area contributed by atoms with Crippen LogP contribution in [-0.4, -0.2) is 5.78 Å². The van der Waals surface area contributed by atoms with E-state index in [0.29, 0.717) is 12.2 Å². The normalized spacial score (nSPS) is 14.9. The van der Waals surface area contributed by atoms with Crippen molar-refractivity contribution in [2.45, 2.75) is 40.5 Å². The average Bonchev–Trinajstić information content (AvgIpc) is 2.13. The molecule has 0 N–H and O–H groups in total. The molecule has 0 aliphatic rings. The SMILES string of the molecule is CC/C=C/C(C)=C/C(C)C(=O)CC. The minimum atomic E-state index is 0.0616. The molecule has 0 rings (SSSR count). The first-order chi connectivity index (χ1) is 6.11. The van der Waals surface area contributed by atoms with Crippen LogP contribution >= 0.6 is 0 Å². The maximum atomic E-state index is 11.3. The molecule has 0 aliphatic heterocycles. The molecule has 0 aromatic heterocycles. The topological polar surface area (TPSA) is 17.1 Å². The molecule has 0 saturated carbocycles. The number of hydrogen-bond donors (Lipinski definition) is 0. The van der Waals surface area contributed by atoms with Gasteiger partial charge in [0, 0.05) is 12.3 Å². The maximum absolute atomic E-state index is 11.3. The summed E-state index contributed by atoms with van der Waals surface area (Å²) in [6.45, 7) is 8.00. The van der Waals surface area contributed by atoms with E-state index >= 15 is 0 Å². The Balaban J connectivity index is 4.21. The number of carbonyl (C=O) groups is 1. The molecular formula is C12H20O. The van der Waals surface area contributed by atoms with Crippen LogP contribution in [0.15, 0.2) is 23.8 Å². The van der Waals surface area contributed by atoms with E-state index in [-0.39, 0.29) is 5.92 Å². The fourth-order valence-electron chi connectivity index (χ4n) is 1.17. The summed E-state index contributed by atoms with van der Waals surface area (Å²) in [6.07, 6.45) is 7.87. The van der Waals surface area contributed by atoms with Crippen molar-refractivity contribution in [2.24, 2.45) is 5.92 Å². The van der Waals surface area contributed by atoms with Crippen LogP contribution < -0.4 is 0 Å². The summed E-state index contributed by atoms with van der Waals surface area (Å²) in [7, 11) is 0. The molecule has 1 atom stereocenters. The molecule has 0 fully saturated rings. The van der Waals surface area contributed by atoms with Gasteiger partial charge >= 0.3 is 0 Å². The van der Waals surface area contributed by atoms with Crippen molar-refractivity contribution in [3.8, 4) is 0 Å². The summed E-state index contributed by atoms with van der Waals surface area (Å²) in [6, 6.07) is 0. The smallest absolute Gasteiger partial charge is 0.139 e. The predicted octanol–water partition coefficient (Wildman–Crippen LogP) is 3.51. The highest BCUT2D eigenvalue weighted by Gasteiger charge is 2.06. The second kappa shape index (κ2) is 6.64. The number of Topliss-reactive ketones (excluding diaryl/α,β-unsaturated/α-hetero) is 1. The molecule has 13 heavy (non-hydrogen) atoms. The van der Waals surface area contributed by atoms with Crippen LogP contribution in [0.3, 0.4) is 0 Å². The van der Waals surface area contributed by atoms with Crippen LogP contribution in [0.4, 0.5) is 0 Å². The molecule has 0 aromatic carbocycles. The van der Waals surface area contributed by atoms with Gasteiger partial charge in [-0.05, 0) is 13.3 Å². The lowest BCUT2D eigenvalue weighted by molar-refractivity contribution is -0.120. The second-order valence-electron chi connectivity index (χ2n) is 3.33. The second-order valence-corrected chi connectivity index (χ2v) is 3.33. The van der Waals surface area contributed by atoms with E-state index in [1.807, 2.05) is 26.8 Å². The number of carbonyl (C=O) groups excluding carboxylic acids is 1. The third kappa shape index (κ3) is 5.40. The Bertz CT molecular complexity index is 211. The predicted molar refractivity (Wildman–Crippen MR) is 57.7 cm³/mol. The zero-order valence-electron chi connectivity index (χ0n) is 9.13. The van der Waals surface area contributed by atoms with E-state index < -0.39 is 0 Å². The molecule has 0 heterocycles. The van der Waals surface area contributed by atoms with Crippen LogP contribution in [0.2, 0.25) is 0 Å². The van der Waals surface area contributed by atoms with Gasteiger partial charge in [0.15, 0.2) is 0 Å². The van der Waals surface area contributed by atoms with E-state index in [0.717, 1.165) is 6.42 Å². The zero-order valence-corrected chi connectivity index (χ0v) is 9.13. The Morgan fingerprint density at radius 1 is 1.38 bits per heavy atom. The van der Waals surface area contributed by atoms with Gasteiger partial charge in [0.25, 0.3) is 0 Å². The van der Waals surface area contributed by atoms with Gasteiger partial charge in [0.2, 0.25) is 0 Å².